The first-order valence-corrected chi connectivity index (χ1v) is 9.83. The third-order valence-electron chi connectivity index (χ3n) is 5.34. The van der Waals surface area contributed by atoms with Gasteiger partial charge < -0.3 is 9.97 Å². The van der Waals surface area contributed by atoms with Crippen LogP contribution >= 0.6 is 0 Å². The number of rotatable bonds is 4. The Morgan fingerprint density at radius 3 is 2.78 bits per heavy atom. The number of benzene rings is 2. The summed E-state index contributed by atoms with van der Waals surface area (Å²) >= 11 is 0. The number of imidazole rings is 1. The minimum atomic E-state index is -0.481. The van der Waals surface area contributed by atoms with Crippen molar-refractivity contribution in [2.75, 3.05) is 0 Å². The SMILES string of the molecule is Cn1ccc(Cn2nccc2-c2cc(F)c3nnn(-c4ccc5[nH]c(=O)[nH]c5c4)c3c2)n1. The van der Waals surface area contributed by atoms with Crippen LogP contribution < -0.4 is 5.69 Å². The third-order valence-corrected chi connectivity index (χ3v) is 5.34. The normalized spacial score (nSPS) is 11.7. The summed E-state index contributed by atoms with van der Waals surface area (Å²) in [7, 11) is 1.85. The molecule has 4 aromatic heterocycles. The summed E-state index contributed by atoms with van der Waals surface area (Å²) in [6, 6.07) is 12.3. The van der Waals surface area contributed by atoms with Crippen LogP contribution in [0.1, 0.15) is 5.69 Å². The van der Waals surface area contributed by atoms with Crippen LogP contribution in [0.4, 0.5) is 4.39 Å². The van der Waals surface area contributed by atoms with Crippen molar-refractivity contribution in [2.45, 2.75) is 6.54 Å². The summed E-state index contributed by atoms with van der Waals surface area (Å²) in [5.41, 5.74) is 4.55. The largest absolute Gasteiger partial charge is 0.323 e. The molecule has 11 heteroatoms. The van der Waals surface area contributed by atoms with E-state index in [1.54, 1.807) is 38.4 Å². The van der Waals surface area contributed by atoms with E-state index in [-0.39, 0.29) is 11.2 Å². The second kappa shape index (κ2) is 6.74. The van der Waals surface area contributed by atoms with Crippen molar-refractivity contribution < 1.29 is 4.39 Å². The number of halogens is 1. The quantitative estimate of drug-likeness (QED) is 0.447. The molecule has 0 atom stereocenters. The van der Waals surface area contributed by atoms with Crippen molar-refractivity contribution in [1.29, 1.82) is 0 Å². The maximum atomic E-state index is 15.0. The predicted octanol–water partition coefficient (Wildman–Crippen LogP) is 2.37. The van der Waals surface area contributed by atoms with Crippen LogP contribution in [0.5, 0.6) is 0 Å². The minimum Gasteiger partial charge on any atom is -0.306 e. The molecule has 6 rings (SSSR count). The fourth-order valence-corrected chi connectivity index (χ4v) is 3.88. The zero-order chi connectivity index (χ0) is 21.8. The number of aromatic amines is 2. The van der Waals surface area contributed by atoms with E-state index in [0.29, 0.717) is 34.3 Å². The van der Waals surface area contributed by atoms with Gasteiger partial charge >= 0.3 is 5.69 Å². The molecule has 0 aliphatic carbocycles. The molecule has 0 bridgehead atoms. The molecule has 158 valence electrons. The number of nitrogens with zero attached hydrogens (tertiary/aromatic N) is 7. The number of nitrogens with one attached hydrogen (secondary N) is 2. The zero-order valence-corrected chi connectivity index (χ0v) is 16.8. The summed E-state index contributed by atoms with van der Waals surface area (Å²) in [5, 5.41) is 16.9. The van der Waals surface area contributed by atoms with Gasteiger partial charge in [-0.25, -0.2) is 13.9 Å². The number of hydrogen-bond donors (Lipinski definition) is 2. The molecule has 2 aromatic carbocycles. The molecule has 10 nitrogen and oxygen atoms in total. The van der Waals surface area contributed by atoms with E-state index in [0.717, 1.165) is 11.4 Å². The van der Waals surface area contributed by atoms with Crippen LogP contribution in [0.15, 0.2) is 59.7 Å². The third kappa shape index (κ3) is 2.90. The molecular weight excluding hydrogens is 413 g/mol. The number of fused-ring (bicyclic) bond motifs is 2. The van der Waals surface area contributed by atoms with E-state index in [2.05, 4.69) is 30.5 Å². The highest BCUT2D eigenvalue weighted by molar-refractivity contribution is 5.84. The van der Waals surface area contributed by atoms with Crippen molar-refractivity contribution in [3.05, 3.63) is 76.9 Å². The van der Waals surface area contributed by atoms with Crippen LogP contribution in [0.2, 0.25) is 0 Å². The summed E-state index contributed by atoms with van der Waals surface area (Å²) < 4.78 is 20.0. The van der Waals surface area contributed by atoms with Gasteiger partial charge in [-0.1, -0.05) is 5.21 Å². The number of hydrogen-bond acceptors (Lipinski definition) is 5. The van der Waals surface area contributed by atoms with Gasteiger partial charge in [0.2, 0.25) is 0 Å². The first-order chi connectivity index (χ1) is 15.5. The average Bonchev–Trinajstić information content (AvgIpc) is 3.54. The average molecular weight is 429 g/mol. The Balaban J connectivity index is 1.47. The van der Waals surface area contributed by atoms with Gasteiger partial charge in [-0.15, -0.1) is 5.10 Å². The van der Waals surface area contributed by atoms with Crippen molar-refractivity contribution >= 4 is 22.1 Å². The Labute approximate surface area is 178 Å². The van der Waals surface area contributed by atoms with Crippen molar-refractivity contribution in [1.82, 2.24) is 44.5 Å². The molecular formula is C21H16FN9O. The second-order valence-electron chi connectivity index (χ2n) is 7.49. The van der Waals surface area contributed by atoms with Gasteiger partial charge in [-0.3, -0.25) is 9.36 Å². The van der Waals surface area contributed by atoms with Gasteiger partial charge in [0.1, 0.15) is 5.52 Å². The lowest BCUT2D eigenvalue weighted by molar-refractivity contribution is 0.634. The molecule has 32 heavy (non-hydrogen) atoms. The second-order valence-corrected chi connectivity index (χ2v) is 7.49. The maximum Gasteiger partial charge on any atom is 0.323 e. The monoisotopic (exact) mass is 429 g/mol. The standard InChI is InChI=1S/C21H16FN9O/c1-29-7-5-13(27-29)11-30-18(4-6-23-30)12-8-15(22)20-19(9-12)31(28-26-20)14-2-3-16-17(10-14)25-21(32)24-16/h2-10H,11H2,1H3,(H2,24,25,32). The Morgan fingerprint density at radius 1 is 1.06 bits per heavy atom. The van der Waals surface area contributed by atoms with Gasteiger partial charge in [0.05, 0.1) is 40.2 Å². The Bertz CT molecular complexity index is 1670. The molecule has 0 radical (unpaired) electrons. The van der Waals surface area contributed by atoms with E-state index < -0.39 is 5.82 Å². The summed E-state index contributed by atoms with van der Waals surface area (Å²) in [5.74, 6) is -0.481. The maximum absolute atomic E-state index is 15.0. The Hall–Kier alpha value is -4.54. The summed E-state index contributed by atoms with van der Waals surface area (Å²) in [4.78, 5) is 17.0. The van der Waals surface area contributed by atoms with Gasteiger partial charge in [0.25, 0.3) is 0 Å². The summed E-state index contributed by atoms with van der Waals surface area (Å²) in [6.07, 6.45) is 3.54. The molecule has 4 heterocycles. The van der Waals surface area contributed by atoms with E-state index in [4.69, 9.17) is 0 Å². The lowest BCUT2D eigenvalue weighted by Crippen LogP contribution is -2.05. The number of H-pyrrole nitrogens is 2. The fraction of sp³-hybridized carbons (Fsp3) is 0.0952. The molecule has 0 saturated carbocycles. The summed E-state index contributed by atoms with van der Waals surface area (Å²) in [6.45, 7) is 0.456. The van der Waals surface area contributed by atoms with Crippen LogP contribution in [0.3, 0.4) is 0 Å². The smallest absolute Gasteiger partial charge is 0.306 e. The number of aromatic nitrogens is 9. The number of aryl methyl sites for hydroxylation is 1. The van der Waals surface area contributed by atoms with E-state index >= 15 is 0 Å². The van der Waals surface area contributed by atoms with Crippen molar-refractivity contribution in [3.63, 3.8) is 0 Å². The molecule has 0 fully saturated rings. The lowest BCUT2D eigenvalue weighted by Gasteiger charge is -2.08. The first-order valence-electron chi connectivity index (χ1n) is 9.83. The van der Waals surface area contributed by atoms with Gasteiger partial charge in [-0.05, 0) is 42.5 Å². The molecule has 0 saturated heterocycles. The lowest BCUT2D eigenvalue weighted by atomic mass is 10.1. The molecule has 6 aromatic rings. The molecule has 0 aliphatic rings. The zero-order valence-electron chi connectivity index (χ0n) is 16.8. The first kappa shape index (κ1) is 18.2. The molecule has 0 aliphatic heterocycles. The predicted molar refractivity (Wildman–Crippen MR) is 115 cm³/mol. The van der Waals surface area contributed by atoms with Gasteiger partial charge in [-0.2, -0.15) is 10.2 Å². The minimum absolute atomic E-state index is 0.159. The van der Waals surface area contributed by atoms with Gasteiger partial charge in [0, 0.05) is 25.0 Å². The van der Waals surface area contributed by atoms with E-state index in [1.165, 1.54) is 6.07 Å². The Morgan fingerprint density at radius 2 is 1.94 bits per heavy atom. The van der Waals surface area contributed by atoms with E-state index in [1.807, 2.05) is 31.4 Å². The van der Waals surface area contributed by atoms with Crippen molar-refractivity contribution in [3.8, 4) is 16.9 Å². The van der Waals surface area contributed by atoms with E-state index in [9.17, 15) is 9.18 Å². The molecule has 0 unspecified atom stereocenters. The molecule has 0 spiro atoms. The topological polar surface area (TPSA) is 115 Å². The van der Waals surface area contributed by atoms with Crippen molar-refractivity contribution in [2.24, 2.45) is 7.05 Å². The Kier molecular flexibility index (Phi) is 3.84. The van der Waals surface area contributed by atoms with Gasteiger partial charge in [0.15, 0.2) is 5.82 Å². The fourth-order valence-electron chi connectivity index (χ4n) is 3.88. The highest BCUT2D eigenvalue weighted by Crippen LogP contribution is 2.28. The van der Waals surface area contributed by atoms with Crippen LogP contribution in [-0.2, 0) is 13.6 Å². The van der Waals surface area contributed by atoms with Crippen LogP contribution in [0, 0.1) is 5.82 Å². The molecule has 2 N–H and O–H groups in total. The van der Waals surface area contributed by atoms with Crippen LogP contribution in [0.25, 0.3) is 39.0 Å². The highest BCUT2D eigenvalue weighted by atomic mass is 19.1. The molecule has 0 amide bonds. The van der Waals surface area contributed by atoms with Crippen LogP contribution in [-0.4, -0.2) is 44.5 Å². The highest BCUT2D eigenvalue weighted by Gasteiger charge is 2.16.